The second-order valence-electron chi connectivity index (χ2n) is 12.3. The second-order valence-corrected chi connectivity index (χ2v) is 12.3. The molecule has 4 aromatic heterocycles. The minimum Gasteiger partial charge on any atom is -0.478 e. The van der Waals surface area contributed by atoms with Gasteiger partial charge < -0.3 is 10.2 Å². The van der Waals surface area contributed by atoms with Gasteiger partial charge in [-0.05, 0) is 93.0 Å². The lowest BCUT2D eigenvalue weighted by molar-refractivity contribution is 0.0686. The number of carbonyl (C=O) groups is 2. The summed E-state index contributed by atoms with van der Waals surface area (Å²) in [5.74, 6) is -2.15. The van der Waals surface area contributed by atoms with Crippen LogP contribution in [0.2, 0.25) is 0 Å². The molecule has 7 aromatic carbocycles. The minimum absolute atomic E-state index is 0.0738. The second kappa shape index (κ2) is 8.06. The third-order valence-electron chi connectivity index (χ3n) is 10.1. The van der Waals surface area contributed by atoms with Gasteiger partial charge in [-0.15, -0.1) is 0 Å². The molecular weight excluding hydrogens is 608 g/mol. The van der Waals surface area contributed by atoms with Crippen LogP contribution in [-0.4, -0.2) is 40.9 Å². The monoisotopic (exact) mass is 624 g/mol. The molecule has 10 nitrogen and oxygen atoms in total. The topological polar surface area (TPSA) is 143 Å². The molecule has 2 N–H and O–H groups in total. The molecule has 0 aliphatic carbocycles. The Morgan fingerprint density at radius 1 is 0.458 bits per heavy atom. The van der Waals surface area contributed by atoms with Crippen LogP contribution < -0.4 is 11.1 Å². The van der Waals surface area contributed by atoms with Gasteiger partial charge in [0.05, 0.1) is 33.2 Å². The van der Waals surface area contributed by atoms with E-state index in [1.54, 1.807) is 16.5 Å². The summed E-state index contributed by atoms with van der Waals surface area (Å²) in [6, 6.07) is 24.7. The summed E-state index contributed by atoms with van der Waals surface area (Å²) >= 11 is 0. The van der Waals surface area contributed by atoms with E-state index >= 15 is 0 Å². The number of aromatic nitrogens is 4. The number of benzene rings is 7. The van der Waals surface area contributed by atoms with Gasteiger partial charge in [0.15, 0.2) is 0 Å². The van der Waals surface area contributed by atoms with Gasteiger partial charge in [0.2, 0.25) is 0 Å². The van der Waals surface area contributed by atoms with Gasteiger partial charge in [0.25, 0.3) is 11.1 Å². The van der Waals surface area contributed by atoms with Crippen LogP contribution in [0.1, 0.15) is 20.7 Å². The van der Waals surface area contributed by atoms with E-state index in [0.717, 1.165) is 53.9 Å². The third kappa shape index (κ3) is 2.76. The van der Waals surface area contributed by atoms with Crippen LogP contribution in [0.25, 0.3) is 98.0 Å². The van der Waals surface area contributed by atoms with E-state index in [2.05, 4.69) is 0 Å². The van der Waals surface area contributed by atoms with E-state index in [4.69, 9.17) is 9.97 Å². The van der Waals surface area contributed by atoms with Gasteiger partial charge >= 0.3 is 11.9 Å². The number of nitrogens with zero attached hydrogens (tertiary/aromatic N) is 4. The quantitative estimate of drug-likeness (QED) is 0.161. The molecule has 0 bridgehead atoms. The first-order valence-corrected chi connectivity index (χ1v) is 15.1. The molecule has 0 spiro atoms. The summed E-state index contributed by atoms with van der Waals surface area (Å²) < 4.78 is 3.06. The first-order valence-electron chi connectivity index (χ1n) is 15.1. The van der Waals surface area contributed by atoms with Crippen LogP contribution in [-0.2, 0) is 0 Å². The van der Waals surface area contributed by atoms with Crippen LogP contribution in [0.3, 0.4) is 0 Å². The summed E-state index contributed by atoms with van der Waals surface area (Å²) in [5.41, 5.74) is 2.50. The average Bonchev–Trinajstić information content (AvgIpc) is 3.67. The molecular formula is C38H16N4O6. The highest BCUT2D eigenvalue weighted by molar-refractivity contribution is 6.40. The fourth-order valence-electron chi connectivity index (χ4n) is 8.05. The van der Waals surface area contributed by atoms with Crippen molar-refractivity contribution in [3.63, 3.8) is 0 Å². The Labute approximate surface area is 264 Å². The Bertz CT molecular complexity index is 3370. The zero-order valence-electron chi connectivity index (χ0n) is 24.4. The first-order chi connectivity index (χ1) is 23.3. The van der Waals surface area contributed by atoms with E-state index < -0.39 is 11.9 Å². The van der Waals surface area contributed by atoms with Crippen molar-refractivity contribution in [1.82, 2.24) is 18.8 Å². The van der Waals surface area contributed by atoms with Crippen molar-refractivity contribution >= 4 is 110 Å². The Hall–Kier alpha value is -6.94. The van der Waals surface area contributed by atoms with Crippen molar-refractivity contribution in [2.75, 3.05) is 0 Å². The molecule has 0 amide bonds. The minimum atomic E-state index is -1.08. The molecule has 11 rings (SSSR count). The highest BCUT2D eigenvalue weighted by Gasteiger charge is 2.24. The molecule has 0 saturated carbocycles. The zero-order chi connectivity index (χ0) is 32.3. The van der Waals surface area contributed by atoms with Crippen LogP contribution in [0.5, 0.6) is 0 Å². The van der Waals surface area contributed by atoms with Crippen LogP contribution in [0.4, 0.5) is 0 Å². The molecule has 224 valence electrons. The fourth-order valence-corrected chi connectivity index (χ4v) is 8.05. The molecule has 0 atom stereocenters. The molecule has 0 aliphatic rings. The summed E-state index contributed by atoms with van der Waals surface area (Å²) in [6.07, 6.45) is 0. The van der Waals surface area contributed by atoms with Crippen molar-refractivity contribution in [3.8, 4) is 0 Å². The maximum Gasteiger partial charge on any atom is 0.335 e. The van der Waals surface area contributed by atoms with Crippen molar-refractivity contribution in [2.45, 2.75) is 0 Å². The summed E-state index contributed by atoms with van der Waals surface area (Å²) in [6.45, 7) is 0. The highest BCUT2D eigenvalue weighted by Crippen LogP contribution is 2.45. The van der Waals surface area contributed by atoms with Crippen molar-refractivity contribution in [3.05, 3.63) is 117 Å². The number of imidazole rings is 2. The Balaban J connectivity index is 1.31. The number of fused-ring (bicyclic) bond motifs is 10. The van der Waals surface area contributed by atoms with Gasteiger partial charge in [0, 0.05) is 32.3 Å². The summed E-state index contributed by atoms with van der Waals surface area (Å²) in [4.78, 5) is 61.2. The SMILES string of the molecule is O=C(O)c1ccc2c(c1)nc1c3ccc4c5ccc6c(=O)n7c8cc(C(=O)O)ccc8nc7c7ccc(c8ccc(c(=O)n21)c3c48)c5c67. The molecule has 0 fully saturated rings. The largest absolute Gasteiger partial charge is 0.478 e. The van der Waals surface area contributed by atoms with Gasteiger partial charge in [-0.1, -0.05) is 24.3 Å². The van der Waals surface area contributed by atoms with Crippen molar-refractivity contribution in [2.24, 2.45) is 0 Å². The van der Waals surface area contributed by atoms with E-state index in [1.165, 1.54) is 28.7 Å². The highest BCUT2D eigenvalue weighted by atomic mass is 16.4. The van der Waals surface area contributed by atoms with Gasteiger partial charge in [-0.3, -0.25) is 18.4 Å². The maximum atomic E-state index is 14.1. The van der Waals surface area contributed by atoms with Gasteiger partial charge in [-0.2, -0.15) is 0 Å². The molecule has 11 aromatic rings. The van der Waals surface area contributed by atoms with Crippen LogP contribution >= 0.6 is 0 Å². The lowest BCUT2D eigenvalue weighted by Gasteiger charge is -2.18. The van der Waals surface area contributed by atoms with Crippen molar-refractivity contribution < 1.29 is 19.8 Å². The summed E-state index contributed by atoms with van der Waals surface area (Å²) in [5, 5.41) is 28.8. The first kappa shape index (κ1) is 25.3. The van der Waals surface area contributed by atoms with Crippen LogP contribution in [0.15, 0.2) is 94.5 Å². The number of aromatic carboxylic acids is 2. The molecule has 10 heteroatoms. The Morgan fingerprint density at radius 2 is 0.875 bits per heavy atom. The predicted molar refractivity (Wildman–Crippen MR) is 184 cm³/mol. The molecule has 0 unspecified atom stereocenters. The zero-order valence-corrected chi connectivity index (χ0v) is 24.4. The molecule has 0 saturated heterocycles. The van der Waals surface area contributed by atoms with E-state index in [-0.39, 0.29) is 22.2 Å². The van der Waals surface area contributed by atoms with Crippen molar-refractivity contribution in [1.29, 1.82) is 0 Å². The lowest BCUT2D eigenvalue weighted by Crippen LogP contribution is -2.14. The average molecular weight is 625 g/mol. The number of hydrogen-bond donors (Lipinski definition) is 2. The number of carboxylic acid groups (broad SMARTS) is 2. The maximum absolute atomic E-state index is 14.1. The summed E-state index contributed by atoms with van der Waals surface area (Å²) in [7, 11) is 0. The van der Waals surface area contributed by atoms with Crippen LogP contribution in [0, 0.1) is 0 Å². The van der Waals surface area contributed by atoms with E-state index in [1.807, 2.05) is 48.5 Å². The van der Waals surface area contributed by atoms with E-state index in [9.17, 15) is 29.4 Å². The number of pyridine rings is 2. The number of hydrogen-bond acceptors (Lipinski definition) is 6. The normalized spacial score (nSPS) is 12.7. The molecule has 0 radical (unpaired) electrons. The molecule has 4 heterocycles. The number of rotatable bonds is 2. The number of carboxylic acids is 2. The van der Waals surface area contributed by atoms with Gasteiger partial charge in [0.1, 0.15) is 11.3 Å². The standard InChI is InChI=1S/C38H16N4O6/c43-35-23-9-5-19-17-3-7-21-31-24(36(44)42-28-14-16(38(47)48)1-11-25(28)39-33(21)42)10-6-20(29(17)31)18-4-8-22(32(23)30(18)19)34-40-26-13-15(37(45)46)2-12-27(26)41(34)35/h1-14H,(H,45,46)(H,47,48). The predicted octanol–water partition coefficient (Wildman–Crippen LogP) is 6.64. The fraction of sp³-hybridized carbons (Fsp3) is 0. The van der Waals surface area contributed by atoms with Gasteiger partial charge in [-0.25, -0.2) is 19.6 Å². The molecule has 0 aliphatic heterocycles. The third-order valence-corrected chi connectivity index (χ3v) is 10.1. The smallest absolute Gasteiger partial charge is 0.335 e. The lowest BCUT2D eigenvalue weighted by atomic mass is 9.86. The Kier molecular flexibility index (Phi) is 4.25. The molecule has 48 heavy (non-hydrogen) atoms. The van der Waals surface area contributed by atoms with E-state index in [0.29, 0.717) is 44.1 Å². The Morgan fingerprint density at radius 3 is 1.42 bits per heavy atom.